The minimum absolute atomic E-state index is 0.0191. The Labute approximate surface area is 184 Å². The van der Waals surface area contributed by atoms with Crippen molar-refractivity contribution in [2.75, 3.05) is 9.44 Å². The summed E-state index contributed by atoms with van der Waals surface area (Å²) in [4.78, 5) is 0.0496. The SMILES string of the molecule is Cc1cccc(S(=O)(=O)Nc2ccc(Cl)cc2NS(=O)(=O)c2cc3ccccc3o2)c1. The van der Waals surface area contributed by atoms with Gasteiger partial charge in [-0.3, -0.25) is 9.44 Å². The van der Waals surface area contributed by atoms with Crippen molar-refractivity contribution in [1.29, 1.82) is 0 Å². The number of hydrogen-bond acceptors (Lipinski definition) is 5. The number of hydrogen-bond donors (Lipinski definition) is 2. The summed E-state index contributed by atoms with van der Waals surface area (Å²) in [5.74, 6) is 0. The van der Waals surface area contributed by atoms with Crippen LogP contribution in [0.4, 0.5) is 11.4 Å². The van der Waals surface area contributed by atoms with E-state index in [0.29, 0.717) is 11.0 Å². The molecule has 1 heterocycles. The van der Waals surface area contributed by atoms with Gasteiger partial charge in [-0.2, -0.15) is 8.42 Å². The molecule has 0 fully saturated rings. The number of nitrogens with one attached hydrogen (secondary N) is 2. The number of sulfonamides is 2. The van der Waals surface area contributed by atoms with E-state index in [1.807, 2.05) is 0 Å². The van der Waals surface area contributed by atoms with Crippen molar-refractivity contribution < 1.29 is 21.3 Å². The first-order valence-corrected chi connectivity index (χ1v) is 12.4. The van der Waals surface area contributed by atoms with E-state index >= 15 is 0 Å². The van der Waals surface area contributed by atoms with Gasteiger partial charge in [-0.15, -0.1) is 0 Å². The van der Waals surface area contributed by atoms with Crippen LogP contribution in [0, 0.1) is 6.92 Å². The second-order valence-corrected chi connectivity index (χ2v) is 10.6. The fourth-order valence-electron chi connectivity index (χ4n) is 2.96. The van der Waals surface area contributed by atoms with Gasteiger partial charge in [0.25, 0.3) is 20.0 Å². The van der Waals surface area contributed by atoms with E-state index in [2.05, 4.69) is 9.44 Å². The summed E-state index contributed by atoms with van der Waals surface area (Å²) >= 11 is 6.03. The smallest absolute Gasteiger partial charge is 0.295 e. The minimum Gasteiger partial charge on any atom is -0.443 e. The first-order chi connectivity index (χ1) is 14.6. The van der Waals surface area contributed by atoms with E-state index in [1.165, 1.54) is 36.4 Å². The first-order valence-electron chi connectivity index (χ1n) is 9.04. The molecule has 0 saturated heterocycles. The number of fused-ring (bicyclic) bond motifs is 1. The lowest BCUT2D eigenvalue weighted by Gasteiger charge is -2.14. The Kier molecular flexibility index (Phi) is 5.42. The molecule has 0 aliphatic heterocycles. The van der Waals surface area contributed by atoms with Gasteiger partial charge >= 0.3 is 0 Å². The Hall–Kier alpha value is -3.01. The monoisotopic (exact) mass is 476 g/mol. The maximum atomic E-state index is 12.9. The first kappa shape index (κ1) is 21.2. The standard InChI is InChI=1S/C21H17ClN2O5S2/c1-14-5-4-7-17(11-14)30(25,26)23-18-10-9-16(22)13-19(18)24-31(27,28)21-12-15-6-2-3-8-20(15)29-21/h2-13,23-24H,1H3. The van der Waals surface area contributed by atoms with Crippen LogP contribution in [0.1, 0.15) is 5.56 Å². The highest BCUT2D eigenvalue weighted by Gasteiger charge is 2.23. The fourth-order valence-corrected chi connectivity index (χ4v) is 5.36. The molecule has 0 atom stereocenters. The lowest BCUT2D eigenvalue weighted by molar-refractivity contribution is 0.484. The van der Waals surface area contributed by atoms with Gasteiger partial charge in [0.2, 0.25) is 5.09 Å². The van der Waals surface area contributed by atoms with Crippen molar-refractivity contribution in [2.24, 2.45) is 0 Å². The third kappa shape index (κ3) is 4.53. The molecule has 4 rings (SSSR count). The van der Waals surface area contributed by atoms with E-state index in [0.717, 1.165) is 5.56 Å². The second kappa shape index (κ2) is 7.92. The van der Waals surface area contributed by atoms with Gasteiger partial charge in [0.1, 0.15) is 5.58 Å². The lowest BCUT2D eigenvalue weighted by Crippen LogP contribution is -2.17. The number of aryl methyl sites for hydroxylation is 1. The third-order valence-corrected chi connectivity index (χ3v) is 7.26. The maximum absolute atomic E-state index is 12.9. The Balaban J connectivity index is 1.70. The van der Waals surface area contributed by atoms with Crippen molar-refractivity contribution in [3.8, 4) is 0 Å². The van der Waals surface area contributed by atoms with Crippen LogP contribution in [0.5, 0.6) is 0 Å². The summed E-state index contributed by atoms with van der Waals surface area (Å²) < 4.78 is 61.6. The molecular weight excluding hydrogens is 460 g/mol. The number of halogens is 1. The van der Waals surface area contributed by atoms with Crippen LogP contribution < -0.4 is 9.44 Å². The Morgan fingerprint density at radius 3 is 2.26 bits per heavy atom. The highest BCUT2D eigenvalue weighted by molar-refractivity contribution is 7.93. The molecule has 0 bridgehead atoms. The summed E-state index contributed by atoms with van der Waals surface area (Å²) in [6.45, 7) is 1.77. The summed E-state index contributed by atoms with van der Waals surface area (Å²) in [6, 6.07) is 18.7. The third-order valence-electron chi connectivity index (χ3n) is 4.44. The van der Waals surface area contributed by atoms with Crippen molar-refractivity contribution in [3.63, 3.8) is 0 Å². The fraction of sp³-hybridized carbons (Fsp3) is 0.0476. The number of anilines is 2. The average Bonchev–Trinajstić information content (AvgIpc) is 3.15. The topological polar surface area (TPSA) is 105 Å². The summed E-state index contributed by atoms with van der Waals surface area (Å²) in [5.41, 5.74) is 1.16. The molecule has 3 aromatic carbocycles. The minimum atomic E-state index is -4.15. The van der Waals surface area contributed by atoms with Gasteiger partial charge < -0.3 is 4.42 Å². The molecule has 0 amide bonds. The van der Waals surface area contributed by atoms with Crippen LogP contribution in [-0.4, -0.2) is 16.8 Å². The van der Waals surface area contributed by atoms with E-state index < -0.39 is 20.0 Å². The van der Waals surface area contributed by atoms with E-state index in [-0.39, 0.29) is 26.4 Å². The molecular formula is C21H17ClN2O5S2. The molecule has 160 valence electrons. The molecule has 0 radical (unpaired) electrons. The van der Waals surface area contributed by atoms with E-state index in [4.69, 9.17) is 16.0 Å². The van der Waals surface area contributed by atoms with Gasteiger partial charge in [0, 0.05) is 16.5 Å². The average molecular weight is 477 g/mol. The van der Waals surface area contributed by atoms with Crippen molar-refractivity contribution in [3.05, 3.63) is 83.4 Å². The largest absolute Gasteiger partial charge is 0.443 e. The van der Waals surface area contributed by atoms with Gasteiger partial charge in [-0.25, -0.2) is 8.42 Å². The molecule has 10 heteroatoms. The molecule has 0 aliphatic carbocycles. The van der Waals surface area contributed by atoms with Crippen molar-refractivity contribution in [2.45, 2.75) is 16.9 Å². The zero-order valence-electron chi connectivity index (χ0n) is 16.2. The number of benzene rings is 3. The highest BCUT2D eigenvalue weighted by Crippen LogP contribution is 2.31. The van der Waals surface area contributed by atoms with Gasteiger partial charge in [-0.05, 0) is 48.9 Å². The van der Waals surface area contributed by atoms with Crippen LogP contribution in [0.25, 0.3) is 11.0 Å². The molecule has 0 saturated carbocycles. The Morgan fingerprint density at radius 2 is 1.52 bits per heavy atom. The van der Waals surface area contributed by atoms with Gasteiger partial charge in [-0.1, -0.05) is 41.9 Å². The summed E-state index contributed by atoms with van der Waals surface area (Å²) in [7, 11) is -8.11. The molecule has 7 nitrogen and oxygen atoms in total. The quantitative estimate of drug-likeness (QED) is 0.407. The van der Waals surface area contributed by atoms with Gasteiger partial charge in [0.05, 0.1) is 16.3 Å². The number of para-hydroxylation sites is 1. The van der Waals surface area contributed by atoms with Crippen LogP contribution in [0.15, 0.2) is 87.2 Å². The van der Waals surface area contributed by atoms with Gasteiger partial charge in [0.15, 0.2) is 0 Å². The Morgan fingerprint density at radius 1 is 0.774 bits per heavy atom. The van der Waals surface area contributed by atoms with E-state index in [1.54, 1.807) is 43.3 Å². The maximum Gasteiger partial charge on any atom is 0.295 e. The zero-order valence-corrected chi connectivity index (χ0v) is 18.6. The number of rotatable bonds is 6. The lowest BCUT2D eigenvalue weighted by atomic mass is 10.2. The van der Waals surface area contributed by atoms with Crippen LogP contribution in [-0.2, 0) is 20.0 Å². The molecule has 0 unspecified atom stereocenters. The predicted molar refractivity (Wildman–Crippen MR) is 120 cm³/mol. The number of furan rings is 1. The molecule has 1 aromatic heterocycles. The van der Waals surface area contributed by atoms with Crippen molar-refractivity contribution in [1.82, 2.24) is 0 Å². The van der Waals surface area contributed by atoms with E-state index in [9.17, 15) is 16.8 Å². The van der Waals surface area contributed by atoms with Crippen LogP contribution in [0.3, 0.4) is 0 Å². The van der Waals surface area contributed by atoms with Crippen LogP contribution >= 0.6 is 11.6 Å². The normalized spacial score (nSPS) is 12.1. The molecule has 31 heavy (non-hydrogen) atoms. The predicted octanol–water partition coefficient (Wildman–Crippen LogP) is 5.00. The molecule has 0 aliphatic rings. The molecule has 4 aromatic rings. The zero-order chi connectivity index (χ0) is 22.2. The molecule has 2 N–H and O–H groups in total. The van der Waals surface area contributed by atoms with Crippen molar-refractivity contribution >= 4 is 54.0 Å². The molecule has 0 spiro atoms. The van der Waals surface area contributed by atoms with Crippen LogP contribution in [0.2, 0.25) is 5.02 Å². The summed E-state index contributed by atoms with van der Waals surface area (Å²) in [6.07, 6.45) is 0. The summed E-state index contributed by atoms with van der Waals surface area (Å²) in [5, 5.41) is 0.538. The highest BCUT2D eigenvalue weighted by atomic mass is 35.5. The Bertz CT molecular complexity index is 1460. The second-order valence-electron chi connectivity index (χ2n) is 6.82.